The molecule has 5 nitrogen and oxygen atoms in total. The third-order valence-corrected chi connectivity index (χ3v) is 4.44. The van der Waals surface area contributed by atoms with Crippen LogP contribution in [0.5, 0.6) is 0 Å². The van der Waals surface area contributed by atoms with E-state index in [1.165, 1.54) is 0 Å². The smallest absolute Gasteiger partial charge is 0.242 e. The van der Waals surface area contributed by atoms with Crippen molar-refractivity contribution in [3.63, 3.8) is 0 Å². The van der Waals surface area contributed by atoms with Crippen LogP contribution in [0.25, 0.3) is 0 Å². The highest BCUT2D eigenvalue weighted by atomic mass is 35.5. The zero-order chi connectivity index (χ0) is 13.2. The van der Waals surface area contributed by atoms with Crippen LogP contribution in [-0.4, -0.2) is 41.9 Å². The summed E-state index contributed by atoms with van der Waals surface area (Å²) in [7, 11) is 0. The van der Waals surface area contributed by atoms with Crippen LogP contribution < -0.4 is 11.1 Å². The summed E-state index contributed by atoms with van der Waals surface area (Å²) in [6.45, 7) is 4.31. The van der Waals surface area contributed by atoms with Crippen LogP contribution in [0.1, 0.15) is 39.0 Å². The van der Waals surface area contributed by atoms with E-state index in [1.807, 2.05) is 4.90 Å². The Morgan fingerprint density at radius 1 is 1.37 bits per heavy atom. The van der Waals surface area contributed by atoms with Gasteiger partial charge in [-0.1, -0.05) is 6.92 Å². The SMILES string of the molecule is CCC1(C(=O)N2CCC(C(N)=O)CC2)CCCN1.Cl. The van der Waals surface area contributed by atoms with Crippen LogP contribution >= 0.6 is 12.4 Å². The van der Waals surface area contributed by atoms with Gasteiger partial charge in [-0.2, -0.15) is 0 Å². The van der Waals surface area contributed by atoms with Crippen molar-refractivity contribution >= 4 is 24.2 Å². The average molecular weight is 290 g/mol. The van der Waals surface area contributed by atoms with Crippen molar-refractivity contribution in [1.29, 1.82) is 0 Å². The molecule has 19 heavy (non-hydrogen) atoms. The Labute approximate surface area is 120 Å². The number of likely N-dealkylation sites (tertiary alicyclic amines) is 1. The summed E-state index contributed by atoms with van der Waals surface area (Å²) in [4.78, 5) is 25.6. The molecular weight excluding hydrogens is 266 g/mol. The highest BCUT2D eigenvalue weighted by Crippen LogP contribution is 2.27. The van der Waals surface area contributed by atoms with E-state index in [9.17, 15) is 9.59 Å². The van der Waals surface area contributed by atoms with Gasteiger partial charge in [0, 0.05) is 19.0 Å². The number of carbonyl (C=O) groups excluding carboxylic acids is 2. The van der Waals surface area contributed by atoms with Gasteiger partial charge >= 0.3 is 0 Å². The number of amides is 2. The van der Waals surface area contributed by atoms with E-state index in [0.29, 0.717) is 25.9 Å². The molecule has 0 bridgehead atoms. The first-order valence-corrected chi connectivity index (χ1v) is 6.93. The minimum Gasteiger partial charge on any atom is -0.369 e. The van der Waals surface area contributed by atoms with Gasteiger partial charge in [0.25, 0.3) is 0 Å². The van der Waals surface area contributed by atoms with Gasteiger partial charge in [0.1, 0.15) is 0 Å². The molecule has 2 aliphatic heterocycles. The van der Waals surface area contributed by atoms with Crippen molar-refractivity contribution in [3.05, 3.63) is 0 Å². The number of nitrogens with one attached hydrogen (secondary N) is 1. The molecule has 1 atom stereocenters. The van der Waals surface area contributed by atoms with E-state index in [2.05, 4.69) is 12.2 Å². The molecule has 0 saturated carbocycles. The molecule has 2 fully saturated rings. The second kappa shape index (κ2) is 6.57. The fourth-order valence-corrected chi connectivity index (χ4v) is 3.11. The Hall–Kier alpha value is -0.810. The standard InChI is InChI=1S/C13H23N3O2.ClH/c1-2-13(6-3-7-15-13)12(18)16-8-4-10(5-9-16)11(14)17;/h10,15H,2-9H2,1H3,(H2,14,17);1H. The van der Waals surface area contributed by atoms with Crippen LogP contribution in [-0.2, 0) is 9.59 Å². The van der Waals surface area contributed by atoms with E-state index >= 15 is 0 Å². The van der Waals surface area contributed by atoms with Crippen molar-refractivity contribution in [3.8, 4) is 0 Å². The van der Waals surface area contributed by atoms with Gasteiger partial charge in [0.05, 0.1) is 5.54 Å². The second-order valence-corrected chi connectivity index (χ2v) is 5.43. The summed E-state index contributed by atoms with van der Waals surface area (Å²) in [5.74, 6) is -0.0696. The predicted octanol–water partition coefficient (Wildman–Crippen LogP) is 0.664. The van der Waals surface area contributed by atoms with Crippen LogP contribution in [0.2, 0.25) is 0 Å². The van der Waals surface area contributed by atoms with Gasteiger partial charge in [-0.3, -0.25) is 9.59 Å². The highest BCUT2D eigenvalue weighted by molar-refractivity contribution is 5.87. The van der Waals surface area contributed by atoms with Gasteiger partial charge < -0.3 is 16.0 Å². The molecule has 2 rings (SSSR count). The van der Waals surface area contributed by atoms with Crippen LogP contribution in [0.15, 0.2) is 0 Å². The van der Waals surface area contributed by atoms with Gasteiger partial charge in [-0.15, -0.1) is 12.4 Å². The largest absolute Gasteiger partial charge is 0.369 e. The molecule has 0 aromatic rings. The summed E-state index contributed by atoms with van der Waals surface area (Å²) in [6, 6.07) is 0. The number of hydrogen-bond donors (Lipinski definition) is 2. The summed E-state index contributed by atoms with van der Waals surface area (Å²) < 4.78 is 0. The van der Waals surface area contributed by atoms with Crippen LogP contribution in [0, 0.1) is 5.92 Å². The molecular formula is C13H24ClN3O2. The average Bonchev–Trinajstić information content (AvgIpc) is 2.88. The number of piperidine rings is 1. The number of primary amides is 1. The van der Waals surface area contributed by atoms with Crippen LogP contribution in [0.4, 0.5) is 0 Å². The molecule has 110 valence electrons. The molecule has 0 radical (unpaired) electrons. The molecule has 2 amide bonds. The fraction of sp³-hybridized carbons (Fsp3) is 0.846. The summed E-state index contributed by atoms with van der Waals surface area (Å²) in [6.07, 6.45) is 4.25. The number of halogens is 1. The lowest BCUT2D eigenvalue weighted by atomic mass is 9.89. The molecule has 2 aliphatic rings. The van der Waals surface area contributed by atoms with Crippen molar-refractivity contribution in [2.45, 2.75) is 44.6 Å². The summed E-state index contributed by atoms with van der Waals surface area (Å²) >= 11 is 0. The van der Waals surface area contributed by atoms with Crippen molar-refractivity contribution < 1.29 is 9.59 Å². The lowest BCUT2D eigenvalue weighted by Crippen LogP contribution is -2.56. The van der Waals surface area contributed by atoms with E-state index in [1.54, 1.807) is 0 Å². The molecule has 6 heteroatoms. The number of rotatable bonds is 3. The van der Waals surface area contributed by atoms with E-state index < -0.39 is 0 Å². The maximum absolute atomic E-state index is 12.6. The minimum atomic E-state index is -0.348. The molecule has 0 aromatic heterocycles. The van der Waals surface area contributed by atoms with Gasteiger partial charge in [0.2, 0.25) is 11.8 Å². The van der Waals surface area contributed by atoms with Gasteiger partial charge in [0.15, 0.2) is 0 Å². The monoisotopic (exact) mass is 289 g/mol. The van der Waals surface area contributed by atoms with E-state index in [-0.39, 0.29) is 35.7 Å². The van der Waals surface area contributed by atoms with Crippen molar-refractivity contribution in [2.24, 2.45) is 11.7 Å². The Bertz CT molecular complexity index is 335. The molecule has 2 heterocycles. The molecule has 0 aromatic carbocycles. The summed E-state index contributed by atoms with van der Waals surface area (Å²) in [5, 5.41) is 3.37. The maximum atomic E-state index is 12.6. The Morgan fingerprint density at radius 3 is 2.42 bits per heavy atom. The quantitative estimate of drug-likeness (QED) is 0.802. The number of hydrogen-bond acceptors (Lipinski definition) is 3. The first kappa shape index (κ1) is 16.2. The Balaban J connectivity index is 0.00000180. The summed E-state index contributed by atoms with van der Waals surface area (Å²) in [5.41, 5.74) is 4.96. The molecule has 3 N–H and O–H groups in total. The number of carbonyl (C=O) groups is 2. The predicted molar refractivity (Wildman–Crippen MR) is 76.0 cm³/mol. The van der Waals surface area contributed by atoms with Gasteiger partial charge in [-0.25, -0.2) is 0 Å². The zero-order valence-corrected chi connectivity index (χ0v) is 12.3. The molecule has 0 spiro atoms. The Kier molecular flexibility index (Phi) is 5.62. The van der Waals surface area contributed by atoms with Crippen molar-refractivity contribution in [2.75, 3.05) is 19.6 Å². The first-order valence-electron chi connectivity index (χ1n) is 6.93. The minimum absolute atomic E-state index is 0. The molecule has 2 saturated heterocycles. The van der Waals surface area contributed by atoms with E-state index in [0.717, 1.165) is 25.8 Å². The number of nitrogens with two attached hydrogens (primary N) is 1. The third-order valence-electron chi connectivity index (χ3n) is 4.44. The highest BCUT2D eigenvalue weighted by Gasteiger charge is 2.42. The fourth-order valence-electron chi connectivity index (χ4n) is 3.11. The lowest BCUT2D eigenvalue weighted by Gasteiger charge is -2.37. The maximum Gasteiger partial charge on any atom is 0.242 e. The molecule has 0 aliphatic carbocycles. The normalized spacial score (nSPS) is 27.9. The zero-order valence-electron chi connectivity index (χ0n) is 11.5. The van der Waals surface area contributed by atoms with Gasteiger partial charge in [-0.05, 0) is 38.6 Å². The third kappa shape index (κ3) is 3.20. The topological polar surface area (TPSA) is 75.4 Å². The second-order valence-electron chi connectivity index (χ2n) is 5.43. The van der Waals surface area contributed by atoms with Crippen molar-refractivity contribution in [1.82, 2.24) is 10.2 Å². The van der Waals surface area contributed by atoms with E-state index in [4.69, 9.17) is 5.73 Å². The molecule has 1 unspecified atom stereocenters. The first-order chi connectivity index (χ1) is 8.59. The number of nitrogens with zero attached hydrogens (tertiary/aromatic N) is 1. The Morgan fingerprint density at radius 2 is 2.00 bits per heavy atom. The van der Waals surface area contributed by atoms with Crippen LogP contribution in [0.3, 0.4) is 0 Å². The lowest BCUT2D eigenvalue weighted by molar-refractivity contribution is -0.140.